The lowest BCUT2D eigenvalue weighted by atomic mass is 9.92. The van der Waals surface area contributed by atoms with Gasteiger partial charge in [-0.15, -0.1) is 0 Å². The molecule has 5 heteroatoms. The predicted octanol–water partition coefficient (Wildman–Crippen LogP) is 2.63. The lowest BCUT2D eigenvalue weighted by Crippen LogP contribution is -2.43. The van der Waals surface area contributed by atoms with Gasteiger partial charge in [0.2, 0.25) is 0 Å². The maximum atomic E-state index is 12.5. The van der Waals surface area contributed by atoms with Crippen molar-refractivity contribution >= 4 is 17.5 Å². The van der Waals surface area contributed by atoms with Crippen molar-refractivity contribution in [3.8, 4) is 0 Å². The third kappa shape index (κ3) is 2.21. The summed E-state index contributed by atoms with van der Waals surface area (Å²) in [6.07, 6.45) is 0.826. The van der Waals surface area contributed by atoms with E-state index in [0.29, 0.717) is 13.1 Å². The van der Waals surface area contributed by atoms with Gasteiger partial charge in [-0.2, -0.15) is 0 Å². The van der Waals surface area contributed by atoms with Crippen molar-refractivity contribution in [3.63, 3.8) is 0 Å². The first-order chi connectivity index (χ1) is 9.70. The highest BCUT2D eigenvalue weighted by atomic mass is 35.5. The summed E-state index contributed by atoms with van der Waals surface area (Å²) in [5.74, 6) is 0.0923. The monoisotopic (exact) mass is 290 g/mol. The second-order valence-corrected chi connectivity index (χ2v) is 5.18. The van der Waals surface area contributed by atoms with E-state index in [0.717, 1.165) is 12.0 Å². The molecule has 4 nitrogen and oxygen atoms in total. The van der Waals surface area contributed by atoms with E-state index >= 15 is 0 Å². The fourth-order valence-electron chi connectivity index (χ4n) is 2.72. The largest absolute Gasteiger partial charge is 0.440 e. The van der Waals surface area contributed by atoms with Gasteiger partial charge in [0, 0.05) is 13.1 Å². The number of carbonyl (C=O) groups is 1. The maximum Gasteiger partial charge on any atom is 0.290 e. The molecule has 1 aromatic heterocycles. The van der Waals surface area contributed by atoms with E-state index in [-0.39, 0.29) is 22.9 Å². The first kappa shape index (κ1) is 13.2. The number of rotatable bonds is 2. The topological polar surface area (TPSA) is 59.5 Å². The Balaban J connectivity index is 1.93. The average molecular weight is 291 g/mol. The quantitative estimate of drug-likeness (QED) is 0.925. The van der Waals surface area contributed by atoms with Crippen LogP contribution < -0.4 is 5.73 Å². The summed E-state index contributed by atoms with van der Waals surface area (Å²) in [7, 11) is 0. The van der Waals surface area contributed by atoms with E-state index in [2.05, 4.69) is 6.07 Å². The molecule has 2 heterocycles. The number of carbonyl (C=O) groups excluding carboxylic acids is 1. The van der Waals surface area contributed by atoms with Gasteiger partial charge in [-0.25, -0.2) is 0 Å². The van der Waals surface area contributed by atoms with Crippen LogP contribution >= 0.6 is 11.6 Å². The standard InChI is InChI=1S/C15H15ClN2O2/c16-14-6-5-13(20-14)15(19)18-8-7-10-3-1-2-4-11(10)12(18)9-17/h1-6,12H,7-9,17H2. The molecule has 1 atom stereocenters. The Bertz CT molecular complexity index is 638. The second kappa shape index (κ2) is 5.31. The smallest absolute Gasteiger partial charge is 0.290 e. The van der Waals surface area contributed by atoms with Gasteiger partial charge in [-0.3, -0.25) is 4.79 Å². The predicted molar refractivity (Wildman–Crippen MR) is 76.7 cm³/mol. The van der Waals surface area contributed by atoms with Crippen LogP contribution in [-0.4, -0.2) is 23.9 Å². The summed E-state index contributed by atoms with van der Waals surface area (Å²) < 4.78 is 5.21. The van der Waals surface area contributed by atoms with Crippen LogP contribution in [0.15, 0.2) is 40.8 Å². The van der Waals surface area contributed by atoms with Crippen LogP contribution in [0.1, 0.15) is 27.7 Å². The summed E-state index contributed by atoms with van der Waals surface area (Å²) in [6.45, 7) is 1.02. The molecule has 3 rings (SSSR count). The van der Waals surface area contributed by atoms with Crippen LogP contribution in [-0.2, 0) is 6.42 Å². The maximum absolute atomic E-state index is 12.5. The normalized spacial score (nSPS) is 17.9. The van der Waals surface area contributed by atoms with Crippen molar-refractivity contribution < 1.29 is 9.21 Å². The van der Waals surface area contributed by atoms with Crippen molar-refractivity contribution in [2.24, 2.45) is 5.73 Å². The number of halogens is 1. The van der Waals surface area contributed by atoms with Crippen molar-refractivity contribution in [2.75, 3.05) is 13.1 Å². The van der Waals surface area contributed by atoms with Crippen LogP contribution in [0.4, 0.5) is 0 Å². The van der Waals surface area contributed by atoms with Crippen molar-refractivity contribution in [3.05, 3.63) is 58.5 Å². The number of fused-ring (bicyclic) bond motifs is 1. The van der Waals surface area contributed by atoms with E-state index in [1.165, 1.54) is 5.56 Å². The molecule has 1 aliphatic heterocycles. The number of nitrogens with zero attached hydrogens (tertiary/aromatic N) is 1. The average Bonchev–Trinajstić information content (AvgIpc) is 2.91. The van der Waals surface area contributed by atoms with Gasteiger partial charge < -0.3 is 15.1 Å². The lowest BCUT2D eigenvalue weighted by Gasteiger charge is -2.36. The molecule has 0 spiro atoms. The Morgan fingerprint density at radius 3 is 2.85 bits per heavy atom. The number of hydrogen-bond acceptors (Lipinski definition) is 3. The number of nitrogens with two attached hydrogens (primary N) is 1. The van der Waals surface area contributed by atoms with E-state index in [1.54, 1.807) is 17.0 Å². The SMILES string of the molecule is NCC1c2ccccc2CCN1C(=O)c1ccc(Cl)o1. The Labute approximate surface area is 122 Å². The first-order valence-corrected chi connectivity index (χ1v) is 6.92. The van der Waals surface area contributed by atoms with Crippen LogP contribution in [0.2, 0.25) is 5.22 Å². The number of amides is 1. The van der Waals surface area contributed by atoms with Crippen LogP contribution in [0.3, 0.4) is 0 Å². The summed E-state index contributed by atoms with van der Waals surface area (Å²) in [6, 6.07) is 11.2. The summed E-state index contributed by atoms with van der Waals surface area (Å²) in [4.78, 5) is 14.3. The van der Waals surface area contributed by atoms with Crippen LogP contribution in [0, 0.1) is 0 Å². The van der Waals surface area contributed by atoms with E-state index < -0.39 is 0 Å². The van der Waals surface area contributed by atoms with E-state index in [4.69, 9.17) is 21.8 Å². The molecule has 0 radical (unpaired) electrons. The van der Waals surface area contributed by atoms with Gasteiger partial charge >= 0.3 is 0 Å². The zero-order valence-corrected chi connectivity index (χ0v) is 11.6. The van der Waals surface area contributed by atoms with Gasteiger partial charge in [-0.05, 0) is 41.3 Å². The molecule has 0 aliphatic carbocycles. The molecular formula is C15H15ClN2O2. The Hall–Kier alpha value is -1.78. The number of benzene rings is 1. The van der Waals surface area contributed by atoms with Gasteiger partial charge in [-0.1, -0.05) is 24.3 Å². The molecular weight excluding hydrogens is 276 g/mol. The van der Waals surface area contributed by atoms with Crippen LogP contribution in [0.25, 0.3) is 0 Å². The van der Waals surface area contributed by atoms with Crippen LogP contribution in [0.5, 0.6) is 0 Å². The molecule has 20 heavy (non-hydrogen) atoms. The van der Waals surface area contributed by atoms with Gasteiger partial charge in [0.15, 0.2) is 11.0 Å². The van der Waals surface area contributed by atoms with E-state index in [1.807, 2.05) is 18.2 Å². The van der Waals surface area contributed by atoms with Gasteiger partial charge in [0.1, 0.15) is 0 Å². The molecule has 1 unspecified atom stereocenters. The molecule has 0 fully saturated rings. The molecule has 1 amide bonds. The summed E-state index contributed by atoms with van der Waals surface area (Å²) in [5, 5.41) is 0.218. The Kier molecular flexibility index (Phi) is 3.51. The summed E-state index contributed by atoms with van der Waals surface area (Å²) >= 11 is 5.73. The minimum absolute atomic E-state index is 0.115. The highest BCUT2D eigenvalue weighted by Crippen LogP contribution is 2.30. The molecule has 0 saturated carbocycles. The Morgan fingerprint density at radius 2 is 2.15 bits per heavy atom. The fourth-order valence-corrected chi connectivity index (χ4v) is 2.87. The number of furan rings is 1. The molecule has 2 aromatic rings. The zero-order chi connectivity index (χ0) is 14.1. The zero-order valence-electron chi connectivity index (χ0n) is 10.9. The third-order valence-electron chi connectivity index (χ3n) is 3.68. The third-order valence-corrected chi connectivity index (χ3v) is 3.88. The van der Waals surface area contributed by atoms with Gasteiger partial charge in [0.05, 0.1) is 6.04 Å². The fraction of sp³-hybridized carbons (Fsp3) is 0.267. The molecule has 0 saturated heterocycles. The molecule has 104 valence electrons. The van der Waals surface area contributed by atoms with Crippen molar-refractivity contribution in [1.29, 1.82) is 0 Å². The van der Waals surface area contributed by atoms with Crippen molar-refractivity contribution in [2.45, 2.75) is 12.5 Å². The highest BCUT2D eigenvalue weighted by molar-refractivity contribution is 6.29. The lowest BCUT2D eigenvalue weighted by molar-refractivity contribution is 0.0635. The number of hydrogen-bond donors (Lipinski definition) is 1. The molecule has 1 aliphatic rings. The minimum Gasteiger partial charge on any atom is -0.440 e. The first-order valence-electron chi connectivity index (χ1n) is 6.55. The van der Waals surface area contributed by atoms with E-state index in [9.17, 15) is 4.79 Å². The second-order valence-electron chi connectivity index (χ2n) is 4.80. The molecule has 1 aromatic carbocycles. The highest BCUT2D eigenvalue weighted by Gasteiger charge is 2.31. The molecule has 0 bridgehead atoms. The summed E-state index contributed by atoms with van der Waals surface area (Å²) in [5.41, 5.74) is 8.25. The Morgan fingerprint density at radius 1 is 1.35 bits per heavy atom. The minimum atomic E-state index is -0.165. The molecule has 2 N–H and O–H groups in total. The van der Waals surface area contributed by atoms with Crippen molar-refractivity contribution in [1.82, 2.24) is 4.90 Å². The van der Waals surface area contributed by atoms with Gasteiger partial charge in [0.25, 0.3) is 5.91 Å².